The number of benzene rings is 1. The number of halogens is 2. The average Bonchev–Trinajstić information content (AvgIpc) is 2.03. The first kappa shape index (κ1) is 9.29. The number of rotatable bonds is 2. The van der Waals surface area contributed by atoms with Gasteiger partial charge in [-0.1, -0.05) is 17.7 Å². The number of hydrogen-bond acceptors (Lipinski definition) is 2. The molecule has 4 heteroatoms. The van der Waals surface area contributed by atoms with Gasteiger partial charge in [0.05, 0.1) is 0 Å². The molecule has 0 saturated heterocycles. The van der Waals surface area contributed by atoms with Gasteiger partial charge in [-0.3, -0.25) is 0 Å². The highest BCUT2D eigenvalue weighted by Gasteiger charge is 2.11. The monoisotopic (exact) mass is 189 g/mol. The van der Waals surface area contributed by atoms with E-state index in [2.05, 4.69) is 0 Å². The maximum atomic E-state index is 12.9. The summed E-state index contributed by atoms with van der Waals surface area (Å²) in [7, 11) is 0. The molecule has 1 rings (SSSR count). The number of nitrogens with two attached hydrogens (primary N) is 1. The molecular formula is C8H9ClFNO. The van der Waals surface area contributed by atoms with Crippen LogP contribution in [0.4, 0.5) is 4.39 Å². The van der Waals surface area contributed by atoms with Crippen LogP contribution in [0.25, 0.3) is 0 Å². The van der Waals surface area contributed by atoms with E-state index in [1.807, 2.05) is 0 Å². The van der Waals surface area contributed by atoms with Crippen LogP contribution in [0.3, 0.4) is 0 Å². The lowest BCUT2D eigenvalue weighted by atomic mass is 10.1. The van der Waals surface area contributed by atoms with Gasteiger partial charge in [0.15, 0.2) is 0 Å². The van der Waals surface area contributed by atoms with E-state index in [4.69, 9.17) is 17.3 Å². The highest BCUT2D eigenvalue weighted by Crippen LogP contribution is 2.28. The Bertz CT molecular complexity index is 280. The second-order valence-corrected chi connectivity index (χ2v) is 2.84. The molecule has 0 saturated carbocycles. The molecule has 0 aliphatic carbocycles. The molecule has 2 nitrogen and oxygen atoms in total. The average molecular weight is 190 g/mol. The Hall–Kier alpha value is -0.800. The molecule has 1 aromatic rings. The molecule has 12 heavy (non-hydrogen) atoms. The second-order valence-electron chi connectivity index (χ2n) is 2.41. The Kier molecular flexibility index (Phi) is 2.89. The van der Waals surface area contributed by atoms with Crippen LogP contribution in [0.15, 0.2) is 18.2 Å². The van der Waals surface area contributed by atoms with Crippen LogP contribution >= 0.6 is 11.6 Å². The first-order valence-electron chi connectivity index (χ1n) is 3.47. The Labute approximate surface area is 74.8 Å². The summed E-state index contributed by atoms with van der Waals surface area (Å²) in [5, 5.41) is 9.59. The molecule has 0 radical (unpaired) electrons. The molecule has 0 aromatic heterocycles. The topological polar surface area (TPSA) is 46.2 Å². The quantitative estimate of drug-likeness (QED) is 0.748. The van der Waals surface area contributed by atoms with Gasteiger partial charge in [-0.2, -0.15) is 0 Å². The van der Waals surface area contributed by atoms with Gasteiger partial charge in [0.25, 0.3) is 0 Å². The molecule has 0 bridgehead atoms. The van der Waals surface area contributed by atoms with Crippen molar-refractivity contribution in [1.82, 2.24) is 0 Å². The minimum Gasteiger partial charge on any atom is -0.508 e. The van der Waals surface area contributed by atoms with Gasteiger partial charge in [-0.15, -0.1) is 0 Å². The van der Waals surface area contributed by atoms with Crippen molar-refractivity contribution in [3.05, 3.63) is 28.8 Å². The Morgan fingerprint density at radius 1 is 1.58 bits per heavy atom. The van der Waals surface area contributed by atoms with Crippen molar-refractivity contribution in [2.75, 3.05) is 6.54 Å². The van der Waals surface area contributed by atoms with E-state index in [9.17, 15) is 9.50 Å². The van der Waals surface area contributed by atoms with Gasteiger partial charge in [0.2, 0.25) is 0 Å². The summed E-state index contributed by atoms with van der Waals surface area (Å²) >= 11 is 5.55. The van der Waals surface area contributed by atoms with Crippen LogP contribution in [0.5, 0.6) is 5.75 Å². The highest BCUT2D eigenvalue weighted by molar-refractivity contribution is 6.30. The number of phenolic OH excluding ortho intramolecular Hbond substituents is 1. The summed E-state index contributed by atoms with van der Waals surface area (Å²) in [6.07, 6.45) is -1.33. The zero-order valence-corrected chi connectivity index (χ0v) is 7.05. The van der Waals surface area contributed by atoms with E-state index < -0.39 is 6.17 Å². The van der Waals surface area contributed by atoms with Crippen molar-refractivity contribution in [3.8, 4) is 5.75 Å². The van der Waals surface area contributed by atoms with Crippen LogP contribution in [0.2, 0.25) is 5.02 Å². The number of hydrogen-bond donors (Lipinski definition) is 2. The van der Waals surface area contributed by atoms with E-state index in [0.717, 1.165) is 0 Å². The lowest BCUT2D eigenvalue weighted by molar-refractivity contribution is 0.338. The third-order valence-electron chi connectivity index (χ3n) is 1.54. The maximum absolute atomic E-state index is 12.9. The molecule has 1 atom stereocenters. The minimum absolute atomic E-state index is 0.144. The van der Waals surface area contributed by atoms with Crippen molar-refractivity contribution in [3.63, 3.8) is 0 Å². The standard InChI is InChI=1S/C8H9ClFNO/c9-5-1-2-6(7(10)4-11)8(12)3-5/h1-3,7,12H,4,11H2. The van der Waals surface area contributed by atoms with Crippen molar-refractivity contribution in [1.29, 1.82) is 0 Å². The smallest absolute Gasteiger partial charge is 0.141 e. The maximum Gasteiger partial charge on any atom is 0.141 e. The van der Waals surface area contributed by atoms with Crippen LogP contribution in [0.1, 0.15) is 11.7 Å². The molecule has 0 aliphatic heterocycles. The summed E-state index contributed by atoms with van der Waals surface area (Å²) < 4.78 is 12.9. The SMILES string of the molecule is NCC(F)c1ccc(Cl)cc1O. The normalized spacial score (nSPS) is 12.9. The van der Waals surface area contributed by atoms with Crippen molar-refractivity contribution < 1.29 is 9.50 Å². The fraction of sp³-hybridized carbons (Fsp3) is 0.250. The Morgan fingerprint density at radius 3 is 2.75 bits per heavy atom. The highest BCUT2D eigenvalue weighted by atomic mass is 35.5. The fourth-order valence-corrected chi connectivity index (χ4v) is 1.08. The lowest BCUT2D eigenvalue weighted by Crippen LogP contribution is -2.07. The van der Waals surface area contributed by atoms with Crippen LogP contribution in [0, 0.1) is 0 Å². The minimum atomic E-state index is -1.33. The van der Waals surface area contributed by atoms with Gasteiger partial charge in [0, 0.05) is 17.1 Å². The third kappa shape index (κ3) is 1.87. The van der Waals surface area contributed by atoms with Gasteiger partial charge in [-0.05, 0) is 12.1 Å². The third-order valence-corrected chi connectivity index (χ3v) is 1.77. The Balaban J connectivity index is 3.01. The van der Waals surface area contributed by atoms with E-state index in [1.54, 1.807) is 0 Å². The Morgan fingerprint density at radius 2 is 2.25 bits per heavy atom. The number of phenols is 1. The molecule has 3 N–H and O–H groups in total. The van der Waals surface area contributed by atoms with Crippen molar-refractivity contribution in [2.24, 2.45) is 5.73 Å². The summed E-state index contributed by atoms with van der Waals surface area (Å²) in [6.45, 7) is -0.144. The summed E-state index contributed by atoms with van der Waals surface area (Å²) in [5.41, 5.74) is 5.27. The predicted octanol–water partition coefficient (Wildman–Crippen LogP) is 2.01. The summed E-state index contributed by atoms with van der Waals surface area (Å²) in [4.78, 5) is 0. The second kappa shape index (κ2) is 3.74. The predicted molar refractivity (Wildman–Crippen MR) is 46.0 cm³/mol. The zero-order chi connectivity index (χ0) is 9.14. The molecule has 66 valence electrons. The van der Waals surface area contributed by atoms with Gasteiger partial charge >= 0.3 is 0 Å². The van der Waals surface area contributed by atoms with Crippen LogP contribution < -0.4 is 5.73 Å². The molecule has 0 aliphatic rings. The van der Waals surface area contributed by atoms with Crippen LogP contribution in [-0.4, -0.2) is 11.7 Å². The van der Waals surface area contributed by atoms with Crippen molar-refractivity contribution >= 4 is 11.6 Å². The molecule has 0 fully saturated rings. The largest absolute Gasteiger partial charge is 0.508 e. The molecule has 1 unspecified atom stereocenters. The summed E-state index contributed by atoms with van der Waals surface area (Å²) in [5.74, 6) is -0.152. The lowest BCUT2D eigenvalue weighted by Gasteiger charge is -2.07. The first-order valence-corrected chi connectivity index (χ1v) is 3.85. The van der Waals surface area contributed by atoms with Gasteiger partial charge in [0.1, 0.15) is 11.9 Å². The fourth-order valence-electron chi connectivity index (χ4n) is 0.909. The van der Waals surface area contributed by atoms with E-state index in [1.165, 1.54) is 18.2 Å². The first-order chi connectivity index (χ1) is 5.65. The molecule has 0 heterocycles. The van der Waals surface area contributed by atoms with Gasteiger partial charge in [-0.25, -0.2) is 4.39 Å². The van der Waals surface area contributed by atoms with Crippen molar-refractivity contribution in [2.45, 2.75) is 6.17 Å². The summed E-state index contributed by atoms with van der Waals surface area (Å²) in [6, 6.07) is 4.23. The zero-order valence-electron chi connectivity index (χ0n) is 6.30. The molecule has 1 aromatic carbocycles. The van der Waals surface area contributed by atoms with E-state index in [0.29, 0.717) is 5.02 Å². The molecule has 0 amide bonds. The molecular weight excluding hydrogens is 181 g/mol. The number of aromatic hydroxyl groups is 1. The number of alkyl halides is 1. The van der Waals surface area contributed by atoms with E-state index in [-0.39, 0.29) is 17.9 Å². The van der Waals surface area contributed by atoms with E-state index >= 15 is 0 Å². The van der Waals surface area contributed by atoms with Gasteiger partial charge < -0.3 is 10.8 Å². The van der Waals surface area contributed by atoms with Crippen LogP contribution in [-0.2, 0) is 0 Å². The molecule has 0 spiro atoms.